The predicted molar refractivity (Wildman–Crippen MR) is 99.7 cm³/mol. The summed E-state index contributed by atoms with van der Waals surface area (Å²) >= 11 is 0. The molecular weight excluding hydrogens is 312 g/mol. The highest BCUT2D eigenvalue weighted by molar-refractivity contribution is 5.84. The molecule has 2 heterocycles. The molecule has 0 saturated carbocycles. The Hall–Kier alpha value is -3.14. The van der Waals surface area contributed by atoms with Crippen LogP contribution in [-0.2, 0) is 0 Å². The molecule has 124 valence electrons. The molecule has 4 rings (SSSR count). The second kappa shape index (κ2) is 5.74. The van der Waals surface area contributed by atoms with E-state index >= 15 is 0 Å². The summed E-state index contributed by atoms with van der Waals surface area (Å²) in [5.41, 5.74) is 5.75. The summed E-state index contributed by atoms with van der Waals surface area (Å²) in [5, 5.41) is 0.610. The molecule has 0 aliphatic heterocycles. The van der Waals surface area contributed by atoms with Crippen LogP contribution in [0.4, 0.5) is 0 Å². The molecule has 4 heteroatoms. The van der Waals surface area contributed by atoms with Gasteiger partial charge in [-0.05, 0) is 38.0 Å². The standard InChI is InChI=1S/C21H18N2O2/c1-12-9-13(2)18-17(10-12)25-11-16(20(18)24)21-22-14(3)19(23-21)15-7-5-4-6-8-15/h4-11H,1-3H3,(H,22,23). The first kappa shape index (κ1) is 15.4. The van der Waals surface area contributed by atoms with Crippen molar-refractivity contribution >= 4 is 11.0 Å². The van der Waals surface area contributed by atoms with E-state index in [2.05, 4.69) is 9.97 Å². The van der Waals surface area contributed by atoms with Gasteiger partial charge in [-0.3, -0.25) is 4.79 Å². The molecule has 0 radical (unpaired) electrons. The van der Waals surface area contributed by atoms with Crippen LogP contribution in [0.15, 0.2) is 57.9 Å². The lowest BCUT2D eigenvalue weighted by Gasteiger charge is -2.04. The van der Waals surface area contributed by atoms with E-state index in [-0.39, 0.29) is 5.43 Å². The van der Waals surface area contributed by atoms with Crippen molar-refractivity contribution in [2.45, 2.75) is 20.8 Å². The first-order valence-corrected chi connectivity index (χ1v) is 8.20. The second-order valence-electron chi connectivity index (χ2n) is 6.36. The highest BCUT2D eigenvalue weighted by Crippen LogP contribution is 2.26. The SMILES string of the molecule is Cc1cc(C)c2c(=O)c(-c3nc(-c4ccccc4)c(C)[nH]3)coc2c1. The first-order chi connectivity index (χ1) is 12.0. The van der Waals surface area contributed by atoms with Crippen LogP contribution in [0.1, 0.15) is 16.8 Å². The van der Waals surface area contributed by atoms with Gasteiger partial charge in [-0.2, -0.15) is 0 Å². The third-order valence-electron chi connectivity index (χ3n) is 4.41. The maximum Gasteiger partial charge on any atom is 0.203 e. The summed E-state index contributed by atoms with van der Waals surface area (Å²) in [4.78, 5) is 20.9. The average Bonchev–Trinajstić information content (AvgIpc) is 2.97. The number of rotatable bonds is 2. The van der Waals surface area contributed by atoms with Crippen molar-refractivity contribution in [2.75, 3.05) is 0 Å². The number of H-pyrrole nitrogens is 1. The van der Waals surface area contributed by atoms with Crippen LogP contribution < -0.4 is 5.43 Å². The highest BCUT2D eigenvalue weighted by Gasteiger charge is 2.16. The third-order valence-corrected chi connectivity index (χ3v) is 4.41. The smallest absolute Gasteiger partial charge is 0.203 e. The summed E-state index contributed by atoms with van der Waals surface area (Å²) in [6, 6.07) is 13.8. The van der Waals surface area contributed by atoms with Gasteiger partial charge in [0.05, 0.1) is 11.1 Å². The number of hydrogen-bond acceptors (Lipinski definition) is 3. The molecule has 4 nitrogen and oxygen atoms in total. The Morgan fingerprint density at radius 2 is 1.80 bits per heavy atom. The minimum absolute atomic E-state index is 0.0629. The fraction of sp³-hybridized carbons (Fsp3) is 0.143. The van der Waals surface area contributed by atoms with Gasteiger partial charge >= 0.3 is 0 Å². The largest absolute Gasteiger partial charge is 0.463 e. The topological polar surface area (TPSA) is 58.9 Å². The van der Waals surface area contributed by atoms with Crippen LogP contribution in [0.5, 0.6) is 0 Å². The molecule has 0 saturated heterocycles. The third kappa shape index (κ3) is 2.56. The van der Waals surface area contributed by atoms with Crippen LogP contribution in [0.25, 0.3) is 33.6 Å². The van der Waals surface area contributed by atoms with Crippen LogP contribution in [-0.4, -0.2) is 9.97 Å². The monoisotopic (exact) mass is 330 g/mol. The van der Waals surface area contributed by atoms with Crippen LogP contribution in [0.3, 0.4) is 0 Å². The van der Waals surface area contributed by atoms with E-state index < -0.39 is 0 Å². The highest BCUT2D eigenvalue weighted by atomic mass is 16.3. The molecule has 25 heavy (non-hydrogen) atoms. The number of aromatic nitrogens is 2. The Bertz CT molecular complexity index is 1140. The van der Waals surface area contributed by atoms with E-state index in [1.165, 1.54) is 6.26 Å². The normalized spacial score (nSPS) is 11.2. The van der Waals surface area contributed by atoms with Crippen molar-refractivity contribution < 1.29 is 4.42 Å². The number of aromatic amines is 1. The predicted octanol–water partition coefficient (Wildman–Crippen LogP) is 4.78. The van der Waals surface area contributed by atoms with E-state index in [0.717, 1.165) is 28.1 Å². The zero-order valence-electron chi connectivity index (χ0n) is 14.4. The second-order valence-corrected chi connectivity index (χ2v) is 6.36. The summed E-state index contributed by atoms with van der Waals surface area (Å²) < 4.78 is 5.73. The minimum Gasteiger partial charge on any atom is -0.463 e. The molecule has 2 aromatic heterocycles. The number of aryl methyl sites for hydroxylation is 3. The molecule has 0 aliphatic rings. The first-order valence-electron chi connectivity index (χ1n) is 8.20. The van der Waals surface area contributed by atoms with Gasteiger partial charge in [0.15, 0.2) is 0 Å². The Labute approximate surface area is 145 Å². The number of benzene rings is 2. The fourth-order valence-electron chi connectivity index (χ4n) is 3.25. The van der Waals surface area contributed by atoms with E-state index in [0.29, 0.717) is 22.4 Å². The number of hydrogen-bond donors (Lipinski definition) is 1. The lowest BCUT2D eigenvalue weighted by atomic mass is 10.1. The van der Waals surface area contributed by atoms with Crippen molar-refractivity contribution in [1.82, 2.24) is 9.97 Å². The van der Waals surface area contributed by atoms with Crippen molar-refractivity contribution in [2.24, 2.45) is 0 Å². The molecule has 0 atom stereocenters. The molecule has 2 aromatic carbocycles. The van der Waals surface area contributed by atoms with Gasteiger partial charge in [0.25, 0.3) is 0 Å². The summed E-state index contributed by atoms with van der Waals surface area (Å²) in [6.07, 6.45) is 1.50. The van der Waals surface area contributed by atoms with Crippen molar-refractivity contribution in [3.63, 3.8) is 0 Å². The van der Waals surface area contributed by atoms with Gasteiger partial charge in [0.1, 0.15) is 23.2 Å². The average molecular weight is 330 g/mol. The lowest BCUT2D eigenvalue weighted by molar-refractivity contribution is 0.603. The number of imidazole rings is 1. The molecule has 1 N–H and O–H groups in total. The van der Waals surface area contributed by atoms with Gasteiger partial charge in [0, 0.05) is 11.3 Å². The fourth-order valence-corrected chi connectivity index (χ4v) is 3.25. The van der Waals surface area contributed by atoms with Gasteiger partial charge in [-0.15, -0.1) is 0 Å². The van der Waals surface area contributed by atoms with E-state index in [1.54, 1.807) is 0 Å². The molecule has 4 aromatic rings. The van der Waals surface area contributed by atoms with Crippen LogP contribution >= 0.6 is 0 Å². The molecule has 0 amide bonds. The molecule has 0 unspecified atom stereocenters. The Morgan fingerprint density at radius 1 is 1.04 bits per heavy atom. The quantitative estimate of drug-likeness (QED) is 0.575. The summed E-state index contributed by atoms with van der Waals surface area (Å²) in [5.74, 6) is 0.534. The number of nitrogens with zero attached hydrogens (tertiary/aromatic N) is 1. The van der Waals surface area contributed by atoms with E-state index in [4.69, 9.17) is 4.42 Å². The minimum atomic E-state index is -0.0629. The van der Waals surface area contributed by atoms with E-state index in [1.807, 2.05) is 63.2 Å². The zero-order chi connectivity index (χ0) is 17.6. The lowest BCUT2D eigenvalue weighted by Crippen LogP contribution is -2.07. The molecule has 0 bridgehead atoms. The Kier molecular flexibility index (Phi) is 3.53. The Balaban J connectivity index is 1.92. The molecule has 0 aliphatic carbocycles. The van der Waals surface area contributed by atoms with Gasteiger partial charge < -0.3 is 9.40 Å². The van der Waals surface area contributed by atoms with Crippen LogP contribution in [0.2, 0.25) is 0 Å². The van der Waals surface area contributed by atoms with Crippen molar-refractivity contribution in [1.29, 1.82) is 0 Å². The Morgan fingerprint density at radius 3 is 2.56 bits per heavy atom. The molecule has 0 spiro atoms. The molecule has 0 fully saturated rings. The zero-order valence-corrected chi connectivity index (χ0v) is 14.4. The van der Waals surface area contributed by atoms with Crippen molar-refractivity contribution in [3.8, 4) is 22.6 Å². The number of nitrogens with one attached hydrogen (secondary N) is 1. The summed E-state index contributed by atoms with van der Waals surface area (Å²) in [6.45, 7) is 5.87. The maximum absolute atomic E-state index is 13.0. The van der Waals surface area contributed by atoms with E-state index in [9.17, 15) is 4.79 Å². The summed E-state index contributed by atoms with van der Waals surface area (Å²) in [7, 11) is 0. The van der Waals surface area contributed by atoms with Gasteiger partial charge in [-0.25, -0.2) is 4.98 Å². The number of fused-ring (bicyclic) bond motifs is 1. The van der Waals surface area contributed by atoms with Gasteiger partial charge in [-0.1, -0.05) is 36.4 Å². The van der Waals surface area contributed by atoms with Crippen molar-refractivity contribution in [3.05, 3.63) is 75.8 Å². The molecular formula is C21H18N2O2. The van der Waals surface area contributed by atoms with Gasteiger partial charge in [0.2, 0.25) is 5.43 Å². The van der Waals surface area contributed by atoms with Crippen LogP contribution in [0, 0.1) is 20.8 Å². The maximum atomic E-state index is 13.0.